The SMILES string of the molecule is O=C(CCC(=O)OC[C@H]1CCCO1)Nc1cc(Br)cc(Br)c1. The highest BCUT2D eigenvalue weighted by atomic mass is 79.9. The molecule has 0 bridgehead atoms. The Morgan fingerprint density at radius 3 is 2.59 bits per heavy atom. The predicted molar refractivity (Wildman–Crippen MR) is 89.6 cm³/mol. The standard InChI is InChI=1S/C15H17Br2NO4/c16-10-6-11(17)8-12(7-10)18-14(19)3-4-15(20)22-9-13-2-1-5-21-13/h6-8,13H,1-5,9H2,(H,18,19)/t13-/m1/s1. The third kappa shape index (κ3) is 6.06. The van der Waals surface area contributed by atoms with Gasteiger partial charge in [-0.15, -0.1) is 0 Å². The van der Waals surface area contributed by atoms with Crippen LogP contribution in [0.4, 0.5) is 5.69 Å². The van der Waals surface area contributed by atoms with Gasteiger partial charge in [-0.1, -0.05) is 31.9 Å². The molecule has 1 N–H and O–H groups in total. The summed E-state index contributed by atoms with van der Waals surface area (Å²) in [5.74, 6) is -0.597. The van der Waals surface area contributed by atoms with Crippen LogP contribution in [0.3, 0.4) is 0 Å². The summed E-state index contributed by atoms with van der Waals surface area (Å²) in [6, 6.07) is 5.45. The molecule has 1 aliphatic heterocycles. The lowest BCUT2D eigenvalue weighted by Crippen LogP contribution is -2.19. The maximum absolute atomic E-state index is 11.8. The molecule has 0 spiro atoms. The first-order valence-corrected chi connectivity index (χ1v) is 8.65. The van der Waals surface area contributed by atoms with Crippen LogP contribution >= 0.6 is 31.9 Å². The van der Waals surface area contributed by atoms with E-state index in [0.717, 1.165) is 28.4 Å². The largest absolute Gasteiger partial charge is 0.463 e. The van der Waals surface area contributed by atoms with E-state index in [1.165, 1.54) is 0 Å². The summed E-state index contributed by atoms with van der Waals surface area (Å²) in [6.45, 7) is 1.01. The molecule has 7 heteroatoms. The van der Waals surface area contributed by atoms with Gasteiger partial charge in [0.25, 0.3) is 0 Å². The first-order chi connectivity index (χ1) is 10.5. The summed E-state index contributed by atoms with van der Waals surface area (Å²) in [4.78, 5) is 23.4. The Morgan fingerprint density at radius 1 is 1.23 bits per heavy atom. The van der Waals surface area contributed by atoms with Crippen molar-refractivity contribution >= 4 is 49.4 Å². The Labute approximate surface area is 146 Å². The maximum atomic E-state index is 11.8. The van der Waals surface area contributed by atoms with Gasteiger partial charge in [-0.25, -0.2) is 0 Å². The third-order valence-electron chi connectivity index (χ3n) is 3.16. The smallest absolute Gasteiger partial charge is 0.306 e. The number of ether oxygens (including phenoxy) is 2. The van der Waals surface area contributed by atoms with E-state index in [-0.39, 0.29) is 37.4 Å². The van der Waals surface area contributed by atoms with E-state index in [0.29, 0.717) is 5.69 Å². The highest BCUT2D eigenvalue weighted by Gasteiger charge is 2.17. The molecule has 22 heavy (non-hydrogen) atoms. The Balaban J connectivity index is 1.69. The van der Waals surface area contributed by atoms with Crippen molar-refractivity contribution in [2.75, 3.05) is 18.5 Å². The van der Waals surface area contributed by atoms with Crippen molar-refractivity contribution < 1.29 is 19.1 Å². The lowest BCUT2D eigenvalue weighted by Gasteiger charge is -2.10. The molecule has 5 nitrogen and oxygen atoms in total. The van der Waals surface area contributed by atoms with E-state index in [4.69, 9.17) is 9.47 Å². The summed E-state index contributed by atoms with van der Waals surface area (Å²) in [6.07, 6.45) is 2.09. The molecule has 1 aromatic carbocycles. The van der Waals surface area contributed by atoms with Crippen molar-refractivity contribution in [3.8, 4) is 0 Å². The Hall–Kier alpha value is -0.920. The minimum absolute atomic E-state index is 0.0109. The van der Waals surface area contributed by atoms with Crippen LogP contribution in [0.15, 0.2) is 27.1 Å². The number of nitrogens with one attached hydrogen (secondary N) is 1. The first kappa shape index (κ1) is 17.4. The van der Waals surface area contributed by atoms with Gasteiger partial charge in [-0.2, -0.15) is 0 Å². The molecule has 0 saturated carbocycles. The van der Waals surface area contributed by atoms with Gasteiger partial charge in [-0.05, 0) is 31.0 Å². The second-order valence-electron chi connectivity index (χ2n) is 5.02. The van der Waals surface area contributed by atoms with Crippen molar-refractivity contribution in [1.29, 1.82) is 0 Å². The van der Waals surface area contributed by atoms with Crippen molar-refractivity contribution in [2.24, 2.45) is 0 Å². The Bertz CT molecular complexity index is 524. The summed E-state index contributed by atoms with van der Waals surface area (Å²) in [7, 11) is 0. The van der Waals surface area contributed by atoms with E-state index >= 15 is 0 Å². The van der Waals surface area contributed by atoms with Crippen LogP contribution in [0.1, 0.15) is 25.7 Å². The summed E-state index contributed by atoms with van der Waals surface area (Å²) >= 11 is 6.70. The van der Waals surface area contributed by atoms with Crippen molar-refractivity contribution in [1.82, 2.24) is 0 Å². The predicted octanol–water partition coefficient (Wildman–Crippen LogP) is 3.65. The molecular formula is C15H17Br2NO4. The van der Waals surface area contributed by atoms with Gasteiger partial charge < -0.3 is 14.8 Å². The van der Waals surface area contributed by atoms with Crippen LogP contribution < -0.4 is 5.32 Å². The van der Waals surface area contributed by atoms with Crippen LogP contribution in [0.25, 0.3) is 0 Å². The highest BCUT2D eigenvalue weighted by molar-refractivity contribution is 9.11. The number of rotatable bonds is 6. The molecule has 0 aromatic heterocycles. The molecule has 1 amide bonds. The number of amides is 1. The molecule has 1 atom stereocenters. The molecule has 1 heterocycles. The normalized spacial score (nSPS) is 17.3. The molecule has 1 aromatic rings. The first-order valence-electron chi connectivity index (χ1n) is 7.06. The summed E-state index contributed by atoms with van der Waals surface area (Å²) in [5, 5.41) is 2.74. The second-order valence-corrected chi connectivity index (χ2v) is 6.86. The molecule has 0 radical (unpaired) electrons. The van der Waals surface area contributed by atoms with E-state index in [1.807, 2.05) is 6.07 Å². The molecule has 120 valence electrons. The highest BCUT2D eigenvalue weighted by Crippen LogP contribution is 2.23. The summed E-state index contributed by atoms with van der Waals surface area (Å²) in [5.41, 5.74) is 0.666. The third-order valence-corrected chi connectivity index (χ3v) is 4.07. The molecule has 0 unspecified atom stereocenters. The van der Waals surface area contributed by atoms with E-state index < -0.39 is 0 Å². The molecule has 0 aliphatic carbocycles. The fraction of sp³-hybridized carbons (Fsp3) is 0.467. The van der Waals surface area contributed by atoms with Crippen LogP contribution in [-0.2, 0) is 19.1 Å². The minimum atomic E-state index is -0.374. The van der Waals surface area contributed by atoms with Gasteiger partial charge in [-0.3, -0.25) is 9.59 Å². The summed E-state index contributed by atoms with van der Waals surface area (Å²) < 4.78 is 12.2. The van der Waals surface area contributed by atoms with Gasteiger partial charge in [0.05, 0.1) is 12.5 Å². The Kier molecular flexibility index (Phi) is 6.85. The number of hydrogen-bond donors (Lipinski definition) is 1. The van der Waals surface area contributed by atoms with Gasteiger partial charge in [0.1, 0.15) is 6.61 Å². The van der Waals surface area contributed by atoms with Crippen LogP contribution in [0, 0.1) is 0 Å². The van der Waals surface area contributed by atoms with E-state index in [1.54, 1.807) is 12.1 Å². The number of carbonyl (C=O) groups is 2. The molecule has 1 aliphatic rings. The fourth-order valence-electron chi connectivity index (χ4n) is 2.10. The number of benzene rings is 1. The van der Waals surface area contributed by atoms with Crippen LogP contribution in [0.2, 0.25) is 0 Å². The minimum Gasteiger partial charge on any atom is -0.463 e. The average molecular weight is 435 g/mol. The number of esters is 1. The van der Waals surface area contributed by atoms with Gasteiger partial charge >= 0.3 is 5.97 Å². The number of halogens is 2. The van der Waals surface area contributed by atoms with Gasteiger partial charge in [0.15, 0.2) is 0 Å². The average Bonchev–Trinajstić information content (AvgIpc) is 2.95. The molecule has 1 fully saturated rings. The van der Waals surface area contributed by atoms with Crippen molar-refractivity contribution in [2.45, 2.75) is 31.8 Å². The molecular weight excluding hydrogens is 418 g/mol. The zero-order chi connectivity index (χ0) is 15.9. The van der Waals surface area contributed by atoms with E-state index in [2.05, 4.69) is 37.2 Å². The topological polar surface area (TPSA) is 64.6 Å². The van der Waals surface area contributed by atoms with Gasteiger partial charge in [0.2, 0.25) is 5.91 Å². The number of hydrogen-bond acceptors (Lipinski definition) is 4. The molecule has 2 rings (SSSR count). The fourth-order valence-corrected chi connectivity index (χ4v) is 3.39. The molecule has 1 saturated heterocycles. The van der Waals surface area contributed by atoms with Crippen LogP contribution in [-0.4, -0.2) is 31.2 Å². The maximum Gasteiger partial charge on any atom is 0.306 e. The lowest BCUT2D eigenvalue weighted by molar-refractivity contribution is -0.147. The quantitative estimate of drug-likeness (QED) is 0.694. The monoisotopic (exact) mass is 433 g/mol. The van der Waals surface area contributed by atoms with E-state index in [9.17, 15) is 9.59 Å². The Morgan fingerprint density at radius 2 is 1.95 bits per heavy atom. The number of anilines is 1. The lowest BCUT2D eigenvalue weighted by atomic mass is 10.2. The van der Waals surface area contributed by atoms with Crippen molar-refractivity contribution in [3.05, 3.63) is 27.1 Å². The van der Waals surface area contributed by atoms with Crippen LogP contribution in [0.5, 0.6) is 0 Å². The zero-order valence-corrected chi connectivity index (χ0v) is 15.1. The second kappa shape index (κ2) is 8.64. The van der Waals surface area contributed by atoms with Gasteiger partial charge in [0, 0.05) is 27.7 Å². The number of carbonyl (C=O) groups excluding carboxylic acids is 2. The van der Waals surface area contributed by atoms with Crippen molar-refractivity contribution in [3.63, 3.8) is 0 Å². The zero-order valence-electron chi connectivity index (χ0n) is 11.9.